The summed E-state index contributed by atoms with van der Waals surface area (Å²) in [5, 5.41) is 21.0. The number of hydrogen-bond donors (Lipinski definition) is 3. The minimum atomic E-state index is -0.0163. The number of nitrogens with two attached hydrogens (primary N) is 1. The number of benzene rings is 2. The van der Waals surface area contributed by atoms with Gasteiger partial charge in [-0.2, -0.15) is 0 Å². The molecule has 0 aliphatic heterocycles. The van der Waals surface area contributed by atoms with Gasteiger partial charge in [0.25, 0.3) is 0 Å². The van der Waals surface area contributed by atoms with E-state index in [1.807, 2.05) is 18.4 Å². The van der Waals surface area contributed by atoms with E-state index in [4.69, 9.17) is 20.8 Å². The van der Waals surface area contributed by atoms with E-state index in [9.17, 15) is 0 Å². The third-order valence-corrected chi connectivity index (χ3v) is 3.69. The molecule has 0 aliphatic rings. The zero-order valence-electron chi connectivity index (χ0n) is 11.5. The first kappa shape index (κ1) is 15.2. The zero-order chi connectivity index (χ0) is 15.2. The first-order chi connectivity index (χ1) is 10.2. The molecule has 0 bridgehead atoms. The Hall–Kier alpha value is -2.18. The van der Waals surface area contributed by atoms with Gasteiger partial charge in [-0.05, 0) is 36.1 Å². The van der Waals surface area contributed by atoms with Crippen molar-refractivity contribution in [3.8, 4) is 11.5 Å². The maximum atomic E-state index is 9.03. The molecule has 2 rings (SSSR count). The average Bonchev–Trinajstić information content (AvgIpc) is 2.54. The van der Waals surface area contributed by atoms with Crippen molar-refractivity contribution in [2.24, 2.45) is 10.9 Å². The molecule has 2 aromatic rings. The molecule has 0 aliphatic carbocycles. The molecule has 4 N–H and O–H groups in total. The normalized spacial score (nSPS) is 11.4. The van der Waals surface area contributed by atoms with Crippen molar-refractivity contribution in [1.82, 2.24) is 0 Å². The Balaban J connectivity index is 2.38. The Bertz CT molecular complexity index is 642. The van der Waals surface area contributed by atoms with Crippen LogP contribution in [-0.2, 0) is 6.61 Å². The summed E-state index contributed by atoms with van der Waals surface area (Å²) in [5.41, 5.74) is 7.10. The lowest BCUT2D eigenvalue weighted by Gasteiger charge is -2.13. The van der Waals surface area contributed by atoms with Crippen molar-refractivity contribution in [2.45, 2.75) is 11.5 Å². The Morgan fingerprint density at radius 3 is 2.52 bits per heavy atom. The van der Waals surface area contributed by atoms with E-state index in [1.54, 1.807) is 30.3 Å². The molecule has 5 nitrogen and oxygen atoms in total. The van der Waals surface area contributed by atoms with Crippen LogP contribution in [0, 0.1) is 0 Å². The topological polar surface area (TPSA) is 88.1 Å². The van der Waals surface area contributed by atoms with Crippen LogP contribution in [0.5, 0.6) is 11.5 Å². The summed E-state index contributed by atoms with van der Waals surface area (Å²) in [7, 11) is 0. The maximum Gasteiger partial charge on any atom is 0.175 e. The highest BCUT2D eigenvalue weighted by Gasteiger charge is 2.14. The summed E-state index contributed by atoms with van der Waals surface area (Å²) in [6, 6.07) is 12.5. The van der Waals surface area contributed by atoms with Crippen molar-refractivity contribution in [2.75, 3.05) is 6.26 Å². The molecule has 2 aromatic carbocycles. The third kappa shape index (κ3) is 3.48. The number of rotatable bonds is 5. The van der Waals surface area contributed by atoms with Crippen LogP contribution in [0.4, 0.5) is 0 Å². The van der Waals surface area contributed by atoms with Crippen LogP contribution in [0.25, 0.3) is 0 Å². The fourth-order valence-corrected chi connectivity index (χ4v) is 2.48. The highest BCUT2D eigenvalue weighted by atomic mass is 32.2. The van der Waals surface area contributed by atoms with E-state index in [-0.39, 0.29) is 12.4 Å². The maximum absolute atomic E-state index is 9.03. The molecule has 21 heavy (non-hydrogen) atoms. The van der Waals surface area contributed by atoms with Crippen LogP contribution in [0.3, 0.4) is 0 Å². The smallest absolute Gasteiger partial charge is 0.175 e. The molecular weight excluding hydrogens is 288 g/mol. The monoisotopic (exact) mass is 304 g/mol. The minimum Gasteiger partial charge on any atom is -0.457 e. The number of aliphatic hydroxyl groups excluding tert-OH is 1. The second kappa shape index (κ2) is 7.01. The van der Waals surface area contributed by atoms with Gasteiger partial charge in [-0.25, -0.2) is 0 Å². The summed E-state index contributed by atoms with van der Waals surface area (Å²) in [6.07, 6.45) is 1.91. The predicted molar refractivity (Wildman–Crippen MR) is 83.2 cm³/mol. The summed E-state index contributed by atoms with van der Waals surface area (Å²) in [6.45, 7) is -0.0163. The predicted octanol–water partition coefficient (Wildman–Crippen LogP) is 2.79. The van der Waals surface area contributed by atoms with Gasteiger partial charge in [0, 0.05) is 4.90 Å². The van der Waals surface area contributed by atoms with Gasteiger partial charge in [0.2, 0.25) is 0 Å². The molecule has 0 aromatic heterocycles. The van der Waals surface area contributed by atoms with E-state index >= 15 is 0 Å². The van der Waals surface area contributed by atoms with Crippen LogP contribution < -0.4 is 10.5 Å². The number of thioether (sulfide) groups is 1. The van der Waals surface area contributed by atoms with Crippen LogP contribution in [0.2, 0.25) is 0 Å². The molecule has 0 unspecified atom stereocenters. The number of hydrogen-bond acceptors (Lipinski definition) is 5. The molecule has 0 saturated carbocycles. The van der Waals surface area contributed by atoms with E-state index in [1.165, 1.54) is 11.8 Å². The fourth-order valence-electron chi connectivity index (χ4n) is 1.86. The Morgan fingerprint density at radius 1 is 1.24 bits per heavy atom. The lowest BCUT2D eigenvalue weighted by Crippen LogP contribution is -2.15. The van der Waals surface area contributed by atoms with Crippen LogP contribution >= 0.6 is 11.8 Å². The molecule has 0 spiro atoms. The lowest BCUT2D eigenvalue weighted by molar-refractivity contribution is 0.281. The summed E-state index contributed by atoms with van der Waals surface area (Å²) >= 11 is 1.48. The average molecular weight is 304 g/mol. The van der Waals surface area contributed by atoms with Crippen molar-refractivity contribution in [3.63, 3.8) is 0 Å². The summed E-state index contributed by atoms with van der Waals surface area (Å²) in [4.78, 5) is 0.856. The number of nitrogens with zero attached hydrogens (tertiary/aromatic N) is 1. The first-order valence-corrected chi connectivity index (χ1v) is 7.44. The second-order valence-corrected chi connectivity index (χ2v) is 5.07. The number of aliphatic hydroxyl groups is 1. The number of amidine groups is 1. The molecule has 0 atom stereocenters. The van der Waals surface area contributed by atoms with E-state index in [0.717, 1.165) is 10.5 Å². The Morgan fingerprint density at radius 2 is 1.95 bits per heavy atom. The summed E-state index contributed by atoms with van der Waals surface area (Å²) < 4.78 is 5.81. The Kier molecular flexibility index (Phi) is 5.08. The van der Waals surface area contributed by atoms with Crippen molar-refractivity contribution in [1.29, 1.82) is 0 Å². The van der Waals surface area contributed by atoms with Gasteiger partial charge in [-0.15, -0.1) is 11.8 Å². The van der Waals surface area contributed by atoms with Gasteiger partial charge in [-0.3, -0.25) is 0 Å². The minimum absolute atomic E-state index is 0.00179. The van der Waals surface area contributed by atoms with Crippen LogP contribution in [0.15, 0.2) is 52.5 Å². The largest absolute Gasteiger partial charge is 0.457 e. The van der Waals surface area contributed by atoms with Crippen molar-refractivity contribution in [3.05, 3.63) is 53.6 Å². The zero-order valence-corrected chi connectivity index (χ0v) is 12.3. The molecule has 6 heteroatoms. The molecule has 0 amide bonds. The molecule has 0 saturated heterocycles. The van der Waals surface area contributed by atoms with Crippen molar-refractivity contribution >= 4 is 17.6 Å². The van der Waals surface area contributed by atoms with Gasteiger partial charge in [0.1, 0.15) is 11.5 Å². The van der Waals surface area contributed by atoms with Gasteiger partial charge in [-0.1, -0.05) is 23.4 Å². The number of oxime groups is 1. The molecule has 0 fully saturated rings. The molecular formula is C15H16N2O3S. The second-order valence-electron chi connectivity index (χ2n) is 4.22. The molecule has 0 heterocycles. The highest BCUT2D eigenvalue weighted by Crippen LogP contribution is 2.32. The number of ether oxygens (including phenoxy) is 1. The first-order valence-electron chi connectivity index (χ1n) is 6.22. The van der Waals surface area contributed by atoms with E-state index in [0.29, 0.717) is 17.1 Å². The fraction of sp³-hybridized carbons (Fsp3) is 0.133. The summed E-state index contributed by atoms with van der Waals surface area (Å²) in [5.74, 6) is 1.12. The molecule has 110 valence electrons. The third-order valence-electron chi connectivity index (χ3n) is 2.91. The van der Waals surface area contributed by atoms with Gasteiger partial charge < -0.3 is 20.8 Å². The lowest BCUT2D eigenvalue weighted by atomic mass is 10.2. The van der Waals surface area contributed by atoms with E-state index < -0.39 is 0 Å². The van der Waals surface area contributed by atoms with Gasteiger partial charge in [0.05, 0.1) is 12.2 Å². The SMILES string of the molecule is CSc1cccc(Oc2ccc(CO)cc2)c1/C(N)=N/O. The molecule has 0 radical (unpaired) electrons. The van der Waals surface area contributed by atoms with E-state index in [2.05, 4.69) is 5.16 Å². The van der Waals surface area contributed by atoms with Crippen LogP contribution in [-0.4, -0.2) is 22.4 Å². The van der Waals surface area contributed by atoms with Gasteiger partial charge >= 0.3 is 0 Å². The highest BCUT2D eigenvalue weighted by molar-refractivity contribution is 7.98. The van der Waals surface area contributed by atoms with Crippen LogP contribution in [0.1, 0.15) is 11.1 Å². The van der Waals surface area contributed by atoms with Gasteiger partial charge in [0.15, 0.2) is 5.84 Å². The standard InChI is InChI=1S/C15H16N2O3S/c1-21-13-4-2-3-12(14(13)15(16)17-19)20-11-7-5-10(9-18)6-8-11/h2-8,18-19H,9H2,1H3,(H2,16,17). The Labute approximate surface area is 127 Å². The van der Waals surface area contributed by atoms with Crippen molar-refractivity contribution < 1.29 is 15.1 Å². The quantitative estimate of drug-likeness (QED) is 0.260.